The number of carbonyl (C=O) groups excluding carboxylic acids is 1. The van der Waals surface area contributed by atoms with Gasteiger partial charge in [-0.05, 0) is 36.6 Å². The highest BCUT2D eigenvalue weighted by Gasteiger charge is 2.13. The zero-order chi connectivity index (χ0) is 12.3. The van der Waals surface area contributed by atoms with E-state index in [9.17, 15) is 9.18 Å². The number of carbonyl (C=O) groups is 1. The topological polar surface area (TPSA) is 20.3 Å². The van der Waals surface area contributed by atoms with Gasteiger partial charge in [-0.25, -0.2) is 4.39 Å². The minimum absolute atomic E-state index is 0.0386. The number of halogens is 1. The van der Waals surface area contributed by atoms with Crippen LogP contribution in [0.5, 0.6) is 0 Å². The minimum atomic E-state index is -0.204. The van der Waals surface area contributed by atoms with Crippen LogP contribution in [0.1, 0.15) is 31.4 Å². The zero-order valence-electron chi connectivity index (χ0n) is 10.3. The van der Waals surface area contributed by atoms with Gasteiger partial charge >= 0.3 is 0 Å². The van der Waals surface area contributed by atoms with E-state index >= 15 is 0 Å². The maximum absolute atomic E-state index is 13.4. The molecule has 16 heavy (non-hydrogen) atoms. The van der Waals surface area contributed by atoms with E-state index in [1.54, 1.807) is 24.9 Å². The standard InChI is InChI=1S/C13H18FNO/c1-5-6-11-8-12(14)9(2)7-13(11)15(4)10(3)16/h7-8H,5-6H2,1-4H3. The normalized spacial score (nSPS) is 10.3. The quantitative estimate of drug-likeness (QED) is 0.771. The van der Waals surface area contributed by atoms with Crippen molar-refractivity contribution in [2.24, 2.45) is 0 Å². The zero-order valence-corrected chi connectivity index (χ0v) is 10.3. The number of benzene rings is 1. The van der Waals surface area contributed by atoms with E-state index in [4.69, 9.17) is 0 Å². The molecule has 0 aliphatic carbocycles. The van der Waals surface area contributed by atoms with E-state index in [1.165, 1.54) is 13.0 Å². The lowest BCUT2D eigenvalue weighted by atomic mass is 10.0. The summed E-state index contributed by atoms with van der Waals surface area (Å²) in [5, 5.41) is 0. The van der Waals surface area contributed by atoms with Crippen molar-refractivity contribution in [3.63, 3.8) is 0 Å². The minimum Gasteiger partial charge on any atom is -0.315 e. The van der Waals surface area contributed by atoms with Gasteiger partial charge in [0.2, 0.25) is 5.91 Å². The molecule has 88 valence electrons. The molecule has 0 N–H and O–H groups in total. The summed E-state index contributed by atoms with van der Waals surface area (Å²) >= 11 is 0. The molecule has 0 unspecified atom stereocenters. The fourth-order valence-electron chi connectivity index (χ4n) is 1.66. The van der Waals surface area contributed by atoms with Crippen LogP contribution in [0.15, 0.2) is 12.1 Å². The SMILES string of the molecule is CCCc1cc(F)c(C)cc1N(C)C(C)=O. The second-order valence-corrected chi connectivity index (χ2v) is 4.06. The highest BCUT2D eigenvalue weighted by molar-refractivity contribution is 5.91. The molecule has 0 spiro atoms. The third kappa shape index (κ3) is 2.60. The van der Waals surface area contributed by atoms with Crippen molar-refractivity contribution in [2.45, 2.75) is 33.6 Å². The lowest BCUT2D eigenvalue weighted by Crippen LogP contribution is -2.24. The van der Waals surface area contributed by atoms with Gasteiger partial charge in [0.1, 0.15) is 5.82 Å². The maximum atomic E-state index is 13.4. The van der Waals surface area contributed by atoms with E-state index in [0.717, 1.165) is 24.1 Å². The van der Waals surface area contributed by atoms with Crippen molar-refractivity contribution in [1.29, 1.82) is 0 Å². The van der Waals surface area contributed by atoms with E-state index < -0.39 is 0 Å². The van der Waals surface area contributed by atoms with Crippen LogP contribution in [0.3, 0.4) is 0 Å². The molecule has 1 aromatic carbocycles. The Balaban J connectivity index is 3.23. The van der Waals surface area contributed by atoms with Crippen LogP contribution in [-0.2, 0) is 11.2 Å². The summed E-state index contributed by atoms with van der Waals surface area (Å²) < 4.78 is 13.4. The van der Waals surface area contributed by atoms with Crippen LogP contribution in [-0.4, -0.2) is 13.0 Å². The van der Waals surface area contributed by atoms with Crippen molar-refractivity contribution in [2.75, 3.05) is 11.9 Å². The van der Waals surface area contributed by atoms with E-state index in [0.29, 0.717) is 5.56 Å². The van der Waals surface area contributed by atoms with Crippen molar-refractivity contribution >= 4 is 11.6 Å². The smallest absolute Gasteiger partial charge is 0.223 e. The first-order valence-corrected chi connectivity index (χ1v) is 5.50. The largest absolute Gasteiger partial charge is 0.315 e. The van der Waals surface area contributed by atoms with Gasteiger partial charge < -0.3 is 4.90 Å². The second-order valence-electron chi connectivity index (χ2n) is 4.06. The Morgan fingerprint density at radius 2 is 2.06 bits per heavy atom. The molecular weight excluding hydrogens is 205 g/mol. The summed E-state index contributed by atoms with van der Waals surface area (Å²) in [4.78, 5) is 12.9. The number of anilines is 1. The number of hydrogen-bond acceptors (Lipinski definition) is 1. The molecule has 0 aromatic heterocycles. The van der Waals surface area contributed by atoms with Crippen LogP contribution in [0, 0.1) is 12.7 Å². The van der Waals surface area contributed by atoms with Crippen molar-refractivity contribution in [3.8, 4) is 0 Å². The van der Waals surface area contributed by atoms with Gasteiger partial charge in [0.25, 0.3) is 0 Å². The molecule has 0 bridgehead atoms. The third-order valence-electron chi connectivity index (χ3n) is 2.71. The molecular formula is C13H18FNO. The molecule has 0 aliphatic heterocycles. The fraction of sp³-hybridized carbons (Fsp3) is 0.462. The number of hydrogen-bond donors (Lipinski definition) is 0. The van der Waals surface area contributed by atoms with Gasteiger partial charge in [-0.1, -0.05) is 13.3 Å². The highest BCUT2D eigenvalue weighted by atomic mass is 19.1. The van der Waals surface area contributed by atoms with Crippen LogP contribution in [0.4, 0.5) is 10.1 Å². The summed E-state index contributed by atoms with van der Waals surface area (Å²) in [7, 11) is 1.72. The molecule has 1 amide bonds. The maximum Gasteiger partial charge on any atom is 0.223 e. The number of rotatable bonds is 3. The Labute approximate surface area is 96.1 Å². The van der Waals surface area contributed by atoms with E-state index in [2.05, 4.69) is 0 Å². The van der Waals surface area contributed by atoms with E-state index in [-0.39, 0.29) is 11.7 Å². The average Bonchev–Trinajstić information content (AvgIpc) is 2.22. The fourth-order valence-corrected chi connectivity index (χ4v) is 1.66. The Hall–Kier alpha value is -1.38. The molecule has 0 radical (unpaired) electrons. The second kappa shape index (κ2) is 5.10. The lowest BCUT2D eigenvalue weighted by Gasteiger charge is -2.20. The molecule has 0 atom stereocenters. The van der Waals surface area contributed by atoms with Crippen LogP contribution < -0.4 is 4.90 Å². The molecule has 2 nitrogen and oxygen atoms in total. The van der Waals surface area contributed by atoms with Gasteiger partial charge in [0.05, 0.1) is 0 Å². The van der Waals surface area contributed by atoms with Crippen molar-refractivity contribution < 1.29 is 9.18 Å². The molecule has 0 fully saturated rings. The third-order valence-corrected chi connectivity index (χ3v) is 2.71. The lowest BCUT2D eigenvalue weighted by molar-refractivity contribution is -0.116. The average molecular weight is 223 g/mol. The first-order chi connectivity index (χ1) is 7.47. The van der Waals surface area contributed by atoms with Crippen LogP contribution >= 0.6 is 0 Å². The molecule has 0 aliphatic rings. The number of amides is 1. The van der Waals surface area contributed by atoms with Gasteiger partial charge in [-0.15, -0.1) is 0 Å². The van der Waals surface area contributed by atoms with Crippen LogP contribution in [0.25, 0.3) is 0 Å². The summed E-state index contributed by atoms with van der Waals surface area (Å²) in [6.07, 6.45) is 1.71. The van der Waals surface area contributed by atoms with E-state index in [1.807, 2.05) is 6.92 Å². The van der Waals surface area contributed by atoms with Gasteiger partial charge in [0, 0.05) is 19.7 Å². The van der Waals surface area contributed by atoms with Crippen molar-refractivity contribution in [3.05, 3.63) is 29.1 Å². The molecule has 0 saturated carbocycles. The molecule has 1 aromatic rings. The Kier molecular flexibility index (Phi) is 4.05. The van der Waals surface area contributed by atoms with Gasteiger partial charge in [0.15, 0.2) is 0 Å². The molecule has 1 rings (SSSR count). The molecule has 0 saturated heterocycles. The monoisotopic (exact) mass is 223 g/mol. The molecule has 0 heterocycles. The predicted molar refractivity (Wildman–Crippen MR) is 64.2 cm³/mol. The molecule has 3 heteroatoms. The first kappa shape index (κ1) is 12.7. The predicted octanol–water partition coefficient (Wildman–Crippen LogP) is 3.07. The summed E-state index contributed by atoms with van der Waals surface area (Å²) in [6, 6.07) is 3.27. The number of aryl methyl sites for hydroxylation is 2. The summed E-state index contributed by atoms with van der Waals surface area (Å²) in [6.45, 7) is 5.26. The Morgan fingerprint density at radius 3 is 2.56 bits per heavy atom. The highest BCUT2D eigenvalue weighted by Crippen LogP contribution is 2.25. The Bertz CT molecular complexity index is 401. The number of nitrogens with zero attached hydrogens (tertiary/aromatic N) is 1. The summed E-state index contributed by atoms with van der Waals surface area (Å²) in [5.74, 6) is -0.243. The van der Waals surface area contributed by atoms with Gasteiger partial charge in [-0.3, -0.25) is 4.79 Å². The Morgan fingerprint density at radius 1 is 1.44 bits per heavy atom. The first-order valence-electron chi connectivity index (χ1n) is 5.50. The van der Waals surface area contributed by atoms with Crippen LogP contribution in [0.2, 0.25) is 0 Å². The van der Waals surface area contributed by atoms with Gasteiger partial charge in [-0.2, -0.15) is 0 Å². The van der Waals surface area contributed by atoms with Crippen molar-refractivity contribution in [1.82, 2.24) is 0 Å². The summed E-state index contributed by atoms with van der Waals surface area (Å²) in [5.41, 5.74) is 2.28.